The summed E-state index contributed by atoms with van der Waals surface area (Å²) >= 11 is 7.94. The molecule has 0 fully saturated rings. The van der Waals surface area contributed by atoms with Crippen LogP contribution in [-0.2, 0) is 12.8 Å². The molecule has 0 aliphatic heterocycles. The molecular formula is C16H16ClN3S. The molecule has 0 saturated carbocycles. The maximum Gasteiger partial charge on any atom is 0.135 e. The van der Waals surface area contributed by atoms with Crippen LogP contribution in [0.25, 0.3) is 10.2 Å². The Bertz CT molecular complexity index is 749. The number of hydrogen-bond donors (Lipinski definition) is 0. The highest BCUT2D eigenvalue weighted by atomic mass is 35.5. The summed E-state index contributed by atoms with van der Waals surface area (Å²) in [6.45, 7) is 4.09. The van der Waals surface area contributed by atoms with Crippen LogP contribution in [0.5, 0.6) is 0 Å². The van der Waals surface area contributed by atoms with Crippen molar-refractivity contribution in [3.63, 3.8) is 0 Å². The summed E-state index contributed by atoms with van der Waals surface area (Å²) in [6, 6.07) is 8.19. The minimum absolute atomic E-state index is 0.560. The van der Waals surface area contributed by atoms with Gasteiger partial charge in [-0.15, -0.1) is 11.3 Å². The van der Waals surface area contributed by atoms with E-state index in [1.165, 1.54) is 4.70 Å². The van der Waals surface area contributed by atoms with Gasteiger partial charge in [0.1, 0.15) is 11.0 Å². The first kappa shape index (κ1) is 14.4. The summed E-state index contributed by atoms with van der Waals surface area (Å²) in [5, 5.41) is 1.63. The van der Waals surface area contributed by atoms with E-state index in [9.17, 15) is 0 Å². The highest BCUT2D eigenvalue weighted by molar-refractivity contribution is 7.18. The standard InChI is InChI=1S/C16H16ClN3S/c1-3-6-14-18-12(10(2)16(17)20-14)9-15-19-11-7-4-5-8-13(11)21-15/h4-5,7-8H,3,6,9H2,1-2H3. The fourth-order valence-corrected chi connectivity index (χ4v) is 3.41. The molecule has 21 heavy (non-hydrogen) atoms. The predicted octanol–water partition coefficient (Wildman–Crippen LogP) is 4.59. The Kier molecular flexibility index (Phi) is 4.17. The van der Waals surface area contributed by atoms with Gasteiger partial charge in [-0.05, 0) is 25.5 Å². The monoisotopic (exact) mass is 317 g/mol. The first-order valence-corrected chi connectivity index (χ1v) is 8.23. The van der Waals surface area contributed by atoms with E-state index in [-0.39, 0.29) is 0 Å². The normalized spacial score (nSPS) is 11.2. The number of aromatic nitrogens is 3. The molecule has 108 valence electrons. The first-order chi connectivity index (χ1) is 10.2. The molecule has 1 aromatic carbocycles. The van der Waals surface area contributed by atoms with Crippen LogP contribution in [0.15, 0.2) is 24.3 Å². The molecule has 0 radical (unpaired) electrons. The van der Waals surface area contributed by atoms with Gasteiger partial charge in [-0.25, -0.2) is 15.0 Å². The van der Waals surface area contributed by atoms with Crippen molar-refractivity contribution in [3.8, 4) is 0 Å². The maximum atomic E-state index is 6.23. The topological polar surface area (TPSA) is 38.7 Å². The average molecular weight is 318 g/mol. The fourth-order valence-electron chi connectivity index (χ4n) is 2.23. The van der Waals surface area contributed by atoms with Crippen molar-refractivity contribution in [2.75, 3.05) is 0 Å². The zero-order valence-corrected chi connectivity index (χ0v) is 13.6. The van der Waals surface area contributed by atoms with Crippen LogP contribution in [0, 0.1) is 6.92 Å². The van der Waals surface area contributed by atoms with Crippen LogP contribution in [0.1, 0.15) is 35.4 Å². The minimum atomic E-state index is 0.560. The number of thiazole rings is 1. The van der Waals surface area contributed by atoms with Gasteiger partial charge in [0, 0.05) is 18.4 Å². The summed E-state index contributed by atoms with van der Waals surface area (Å²) < 4.78 is 1.21. The Morgan fingerprint density at radius 3 is 2.71 bits per heavy atom. The molecule has 0 aliphatic carbocycles. The van der Waals surface area contributed by atoms with E-state index in [1.807, 2.05) is 25.1 Å². The van der Waals surface area contributed by atoms with Crippen molar-refractivity contribution in [2.24, 2.45) is 0 Å². The maximum absolute atomic E-state index is 6.23. The summed E-state index contributed by atoms with van der Waals surface area (Å²) in [7, 11) is 0. The number of para-hydroxylation sites is 1. The molecule has 0 saturated heterocycles. The zero-order chi connectivity index (χ0) is 14.8. The quantitative estimate of drug-likeness (QED) is 0.660. The van der Waals surface area contributed by atoms with Crippen molar-refractivity contribution in [3.05, 3.63) is 51.5 Å². The molecule has 0 aliphatic rings. The highest BCUT2D eigenvalue weighted by Crippen LogP contribution is 2.25. The fraction of sp³-hybridized carbons (Fsp3) is 0.312. The second-order valence-corrected chi connectivity index (χ2v) is 6.48. The molecule has 0 unspecified atom stereocenters. The van der Waals surface area contributed by atoms with E-state index in [0.717, 1.165) is 40.4 Å². The van der Waals surface area contributed by atoms with Crippen LogP contribution >= 0.6 is 22.9 Å². The molecule has 0 N–H and O–H groups in total. The molecule has 2 aromatic heterocycles. The van der Waals surface area contributed by atoms with Gasteiger partial charge < -0.3 is 0 Å². The number of halogens is 1. The van der Waals surface area contributed by atoms with Gasteiger partial charge in [-0.2, -0.15) is 0 Å². The molecule has 5 heteroatoms. The molecular weight excluding hydrogens is 302 g/mol. The number of aryl methyl sites for hydroxylation is 1. The first-order valence-electron chi connectivity index (χ1n) is 7.03. The molecule has 0 atom stereocenters. The third kappa shape index (κ3) is 3.06. The Morgan fingerprint density at radius 2 is 1.95 bits per heavy atom. The van der Waals surface area contributed by atoms with Gasteiger partial charge >= 0.3 is 0 Å². The van der Waals surface area contributed by atoms with Crippen LogP contribution in [0.4, 0.5) is 0 Å². The Labute approximate surface area is 133 Å². The highest BCUT2D eigenvalue weighted by Gasteiger charge is 2.12. The van der Waals surface area contributed by atoms with Crippen LogP contribution in [0.2, 0.25) is 5.15 Å². The lowest BCUT2D eigenvalue weighted by Gasteiger charge is -2.07. The van der Waals surface area contributed by atoms with Crippen molar-refractivity contribution in [1.29, 1.82) is 0 Å². The molecule has 0 bridgehead atoms. The number of rotatable bonds is 4. The second-order valence-electron chi connectivity index (χ2n) is 5.00. The predicted molar refractivity (Wildman–Crippen MR) is 88.2 cm³/mol. The largest absolute Gasteiger partial charge is 0.241 e. The zero-order valence-electron chi connectivity index (χ0n) is 12.1. The van der Waals surface area contributed by atoms with E-state index in [1.54, 1.807) is 11.3 Å². The third-order valence-corrected chi connectivity index (χ3v) is 4.77. The molecule has 3 aromatic rings. The van der Waals surface area contributed by atoms with E-state index < -0.39 is 0 Å². The van der Waals surface area contributed by atoms with Crippen molar-refractivity contribution < 1.29 is 0 Å². The van der Waals surface area contributed by atoms with E-state index in [4.69, 9.17) is 11.6 Å². The second kappa shape index (κ2) is 6.08. The van der Waals surface area contributed by atoms with Gasteiger partial charge in [0.05, 0.1) is 20.9 Å². The number of benzene rings is 1. The number of nitrogens with zero attached hydrogens (tertiary/aromatic N) is 3. The van der Waals surface area contributed by atoms with Gasteiger partial charge in [0.2, 0.25) is 0 Å². The SMILES string of the molecule is CCCc1nc(Cl)c(C)c(Cc2nc3ccccc3s2)n1. The van der Waals surface area contributed by atoms with Crippen molar-refractivity contribution >= 4 is 33.2 Å². The van der Waals surface area contributed by atoms with Crippen LogP contribution < -0.4 is 0 Å². The molecule has 0 spiro atoms. The minimum Gasteiger partial charge on any atom is -0.241 e. The van der Waals surface area contributed by atoms with Gasteiger partial charge in [-0.1, -0.05) is 30.7 Å². The summed E-state index contributed by atoms with van der Waals surface area (Å²) in [5.41, 5.74) is 2.98. The average Bonchev–Trinajstić information content (AvgIpc) is 2.87. The van der Waals surface area contributed by atoms with Gasteiger partial charge in [0.15, 0.2) is 0 Å². The molecule has 3 rings (SSSR count). The van der Waals surface area contributed by atoms with Gasteiger partial charge in [-0.3, -0.25) is 0 Å². The molecule has 3 nitrogen and oxygen atoms in total. The Balaban J connectivity index is 1.96. The molecule has 0 amide bonds. The number of hydrogen-bond acceptors (Lipinski definition) is 4. The van der Waals surface area contributed by atoms with Crippen molar-refractivity contribution in [2.45, 2.75) is 33.1 Å². The van der Waals surface area contributed by atoms with E-state index in [2.05, 4.69) is 27.9 Å². The lowest BCUT2D eigenvalue weighted by Crippen LogP contribution is -2.04. The van der Waals surface area contributed by atoms with Crippen LogP contribution in [0.3, 0.4) is 0 Å². The van der Waals surface area contributed by atoms with Crippen molar-refractivity contribution in [1.82, 2.24) is 15.0 Å². The van der Waals surface area contributed by atoms with E-state index in [0.29, 0.717) is 11.6 Å². The lowest BCUT2D eigenvalue weighted by molar-refractivity contribution is 0.810. The van der Waals surface area contributed by atoms with Crippen LogP contribution in [-0.4, -0.2) is 15.0 Å². The number of fused-ring (bicyclic) bond motifs is 1. The Morgan fingerprint density at radius 1 is 1.14 bits per heavy atom. The third-order valence-electron chi connectivity index (χ3n) is 3.36. The van der Waals surface area contributed by atoms with Gasteiger partial charge in [0.25, 0.3) is 0 Å². The Hall–Kier alpha value is -1.52. The summed E-state index contributed by atoms with van der Waals surface area (Å²) in [5.74, 6) is 0.823. The summed E-state index contributed by atoms with van der Waals surface area (Å²) in [4.78, 5) is 13.7. The smallest absolute Gasteiger partial charge is 0.135 e. The summed E-state index contributed by atoms with van der Waals surface area (Å²) in [6.07, 6.45) is 2.58. The lowest BCUT2D eigenvalue weighted by atomic mass is 10.2. The van der Waals surface area contributed by atoms with E-state index >= 15 is 0 Å². The molecule has 2 heterocycles.